The van der Waals surface area contributed by atoms with E-state index in [9.17, 15) is 0 Å². The third-order valence-electron chi connectivity index (χ3n) is 5.74. The molecule has 1 aromatic carbocycles. The number of ether oxygens (including phenoxy) is 1. The van der Waals surface area contributed by atoms with Crippen LogP contribution in [0.25, 0.3) is 11.3 Å². The van der Waals surface area contributed by atoms with Gasteiger partial charge in [0.25, 0.3) is 0 Å². The van der Waals surface area contributed by atoms with Crippen molar-refractivity contribution < 1.29 is 4.74 Å². The lowest BCUT2D eigenvalue weighted by Gasteiger charge is -2.31. The van der Waals surface area contributed by atoms with Crippen LogP contribution >= 0.6 is 0 Å². The maximum Gasteiger partial charge on any atom is 0.136 e. The van der Waals surface area contributed by atoms with Crippen LogP contribution in [0.15, 0.2) is 30.5 Å². The highest BCUT2D eigenvalue weighted by Crippen LogP contribution is 2.38. The lowest BCUT2D eigenvalue weighted by atomic mass is 10.1. The van der Waals surface area contributed by atoms with E-state index in [1.807, 2.05) is 6.20 Å². The van der Waals surface area contributed by atoms with Crippen LogP contribution in [0, 0.1) is 6.92 Å². The van der Waals surface area contributed by atoms with Gasteiger partial charge in [-0.05, 0) is 50.5 Å². The van der Waals surface area contributed by atoms with Gasteiger partial charge in [-0.1, -0.05) is 12.1 Å². The van der Waals surface area contributed by atoms with Gasteiger partial charge < -0.3 is 9.64 Å². The number of hydrogen-bond acceptors (Lipinski definition) is 4. The Bertz CT molecular complexity index is 1020. The van der Waals surface area contributed by atoms with E-state index in [1.165, 1.54) is 22.5 Å². The van der Waals surface area contributed by atoms with Crippen molar-refractivity contribution in [3.8, 4) is 17.0 Å². The predicted molar refractivity (Wildman–Crippen MR) is 110 cm³/mol. The molecule has 4 heterocycles. The molecule has 0 unspecified atom stereocenters. The second-order valence-corrected chi connectivity index (χ2v) is 8.08. The first-order chi connectivity index (χ1) is 13.6. The molecule has 2 aromatic heterocycles. The molecule has 0 saturated carbocycles. The summed E-state index contributed by atoms with van der Waals surface area (Å²) < 4.78 is 9.95. The molecule has 0 N–H and O–H groups in total. The predicted octanol–water partition coefficient (Wildman–Crippen LogP) is 3.98. The van der Waals surface area contributed by atoms with E-state index in [1.54, 1.807) is 0 Å². The van der Waals surface area contributed by atoms with Gasteiger partial charge in [-0.3, -0.25) is 4.68 Å². The molecule has 146 valence electrons. The molecule has 3 aromatic rings. The maximum atomic E-state index is 5.67. The van der Waals surface area contributed by atoms with Crippen LogP contribution in [-0.4, -0.2) is 32.7 Å². The average molecular weight is 377 g/mol. The number of aromatic nitrogens is 4. The van der Waals surface area contributed by atoms with Gasteiger partial charge >= 0.3 is 0 Å². The summed E-state index contributed by atoms with van der Waals surface area (Å²) in [7, 11) is 0. The fourth-order valence-electron chi connectivity index (χ4n) is 4.50. The highest BCUT2D eigenvalue weighted by atomic mass is 16.5. The molecule has 0 atom stereocenters. The van der Waals surface area contributed by atoms with Gasteiger partial charge in [0.1, 0.15) is 11.6 Å². The normalized spacial score (nSPS) is 15.6. The molecule has 6 heteroatoms. The molecule has 0 aliphatic carbocycles. The van der Waals surface area contributed by atoms with E-state index in [2.05, 4.69) is 64.4 Å². The molecule has 0 amide bonds. The standard InChI is InChI=1S/C22H27N5O/c1-15(2)27-19(7-9-23-27)21-16(3)24-26-11-4-10-25(22(21)26)14-17-5-6-20-18(13-17)8-12-28-20/h5-7,9,13,15H,4,8,10-12,14H2,1-3H3. The number of benzene rings is 1. The number of aryl methyl sites for hydroxylation is 2. The third kappa shape index (κ3) is 2.79. The summed E-state index contributed by atoms with van der Waals surface area (Å²) in [4.78, 5) is 2.48. The van der Waals surface area contributed by atoms with Crippen molar-refractivity contribution in [2.75, 3.05) is 18.1 Å². The molecule has 2 aliphatic heterocycles. The van der Waals surface area contributed by atoms with Crippen molar-refractivity contribution in [2.24, 2.45) is 0 Å². The van der Waals surface area contributed by atoms with Crippen molar-refractivity contribution >= 4 is 5.82 Å². The van der Waals surface area contributed by atoms with E-state index in [4.69, 9.17) is 9.84 Å². The van der Waals surface area contributed by atoms with Crippen LogP contribution in [0.5, 0.6) is 5.75 Å². The Hall–Kier alpha value is -2.76. The van der Waals surface area contributed by atoms with Gasteiger partial charge in [-0.15, -0.1) is 0 Å². The lowest BCUT2D eigenvalue weighted by Crippen LogP contribution is -2.32. The van der Waals surface area contributed by atoms with Gasteiger partial charge in [-0.25, -0.2) is 4.68 Å². The smallest absolute Gasteiger partial charge is 0.136 e. The molecule has 6 nitrogen and oxygen atoms in total. The molecule has 2 aliphatic rings. The van der Waals surface area contributed by atoms with Crippen molar-refractivity contribution in [3.63, 3.8) is 0 Å². The Morgan fingerprint density at radius 2 is 2.07 bits per heavy atom. The Morgan fingerprint density at radius 3 is 2.93 bits per heavy atom. The van der Waals surface area contributed by atoms with Crippen LogP contribution in [0.2, 0.25) is 0 Å². The van der Waals surface area contributed by atoms with Crippen LogP contribution in [0.3, 0.4) is 0 Å². The van der Waals surface area contributed by atoms with Crippen LogP contribution in [0.4, 0.5) is 5.82 Å². The van der Waals surface area contributed by atoms with E-state index in [0.717, 1.165) is 56.2 Å². The summed E-state index contributed by atoms with van der Waals surface area (Å²) in [5.74, 6) is 2.27. The van der Waals surface area contributed by atoms with Gasteiger partial charge in [0, 0.05) is 38.3 Å². The summed E-state index contributed by atoms with van der Waals surface area (Å²) in [6.07, 6.45) is 4.02. The van der Waals surface area contributed by atoms with Gasteiger partial charge in [-0.2, -0.15) is 10.2 Å². The highest BCUT2D eigenvalue weighted by molar-refractivity contribution is 5.77. The molecule has 0 saturated heterocycles. The molecule has 5 rings (SSSR count). The second kappa shape index (κ2) is 6.69. The first-order valence-electron chi connectivity index (χ1n) is 10.2. The fraction of sp³-hybridized carbons (Fsp3) is 0.455. The number of anilines is 1. The quantitative estimate of drug-likeness (QED) is 0.690. The van der Waals surface area contributed by atoms with E-state index in [0.29, 0.717) is 6.04 Å². The first kappa shape index (κ1) is 17.3. The Labute approximate surface area is 165 Å². The summed E-state index contributed by atoms with van der Waals surface area (Å²) in [6.45, 7) is 10.2. The summed E-state index contributed by atoms with van der Waals surface area (Å²) in [5, 5.41) is 9.43. The largest absolute Gasteiger partial charge is 0.493 e. The highest BCUT2D eigenvalue weighted by Gasteiger charge is 2.27. The molecule has 28 heavy (non-hydrogen) atoms. The lowest BCUT2D eigenvalue weighted by molar-refractivity contribution is 0.357. The van der Waals surface area contributed by atoms with E-state index < -0.39 is 0 Å². The molecule has 0 radical (unpaired) electrons. The zero-order valence-electron chi connectivity index (χ0n) is 16.9. The fourth-order valence-corrected chi connectivity index (χ4v) is 4.50. The monoisotopic (exact) mass is 377 g/mol. The SMILES string of the molecule is Cc1nn2c(c1-c1ccnn1C(C)C)N(Cc1ccc3c(c1)CCO3)CCC2. The van der Waals surface area contributed by atoms with E-state index >= 15 is 0 Å². The number of fused-ring (bicyclic) bond motifs is 2. The molecular formula is C22H27N5O. The molecule has 0 fully saturated rings. The minimum atomic E-state index is 0.314. The second-order valence-electron chi connectivity index (χ2n) is 8.08. The Kier molecular flexibility index (Phi) is 4.14. The zero-order chi connectivity index (χ0) is 19.3. The van der Waals surface area contributed by atoms with Crippen molar-refractivity contribution in [3.05, 3.63) is 47.3 Å². The number of rotatable bonds is 4. The zero-order valence-corrected chi connectivity index (χ0v) is 16.9. The topological polar surface area (TPSA) is 48.1 Å². The van der Waals surface area contributed by atoms with Crippen LogP contribution in [-0.2, 0) is 19.5 Å². The van der Waals surface area contributed by atoms with Crippen molar-refractivity contribution in [1.29, 1.82) is 0 Å². The van der Waals surface area contributed by atoms with Gasteiger partial charge in [0.05, 0.1) is 23.6 Å². The van der Waals surface area contributed by atoms with Crippen molar-refractivity contribution in [1.82, 2.24) is 19.6 Å². The van der Waals surface area contributed by atoms with Gasteiger partial charge in [0.2, 0.25) is 0 Å². The van der Waals surface area contributed by atoms with Crippen LogP contribution < -0.4 is 9.64 Å². The first-order valence-corrected chi connectivity index (χ1v) is 10.2. The maximum absolute atomic E-state index is 5.67. The molecular weight excluding hydrogens is 350 g/mol. The average Bonchev–Trinajstić information content (AvgIpc) is 3.38. The minimum Gasteiger partial charge on any atom is -0.493 e. The minimum absolute atomic E-state index is 0.314. The summed E-state index contributed by atoms with van der Waals surface area (Å²) >= 11 is 0. The number of hydrogen-bond donors (Lipinski definition) is 0. The summed E-state index contributed by atoms with van der Waals surface area (Å²) in [5.41, 5.74) is 6.11. The van der Waals surface area contributed by atoms with Crippen molar-refractivity contribution in [2.45, 2.75) is 52.7 Å². The third-order valence-corrected chi connectivity index (χ3v) is 5.74. The molecule has 0 bridgehead atoms. The van der Waals surface area contributed by atoms with E-state index in [-0.39, 0.29) is 0 Å². The number of nitrogens with zero attached hydrogens (tertiary/aromatic N) is 5. The molecule has 0 spiro atoms. The summed E-state index contributed by atoms with van der Waals surface area (Å²) in [6, 6.07) is 9.06. The van der Waals surface area contributed by atoms with Crippen LogP contribution in [0.1, 0.15) is 43.1 Å². The Morgan fingerprint density at radius 1 is 1.18 bits per heavy atom. The van der Waals surface area contributed by atoms with Gasteiger partial charge in [0.15, 0.2) is 0 Å². The Balaban J connectivity index is 1.55.